The first-order valence-electron chi connectivity index (χ1n) is 5.06. The Kier molecular flexibility index (Phi) is 4.37. The summed E-state index contributed by atoms with van der Waals surface area (Å²) in [6, 6.07) is 1.24. The molecule has 1 aromatic heterocycles. The third-order valence-corrected chi connectivity index (χ3v) is 2.03. The molecule has 1 aromatic rings. The Labute approximate surface area is 88.5 Å². The summed E-state index contributed by atoms with van der Waals surface area (Å²) >= 11 is 0. The highest BCUT2D eigenvalue weighted by Gasteiger charge is 2.08. The summed E-state index contributed by atoms with van der Waals surface area (Å²) < 4.78 is 10.4. The molecular weight excluding hydrogens is 196 g/mol. The van der Waals surface area contributed by atoms with Gasteiger partial charge in [0.1, 0.15) is 18.6 Å². The highest BCUT2D eigenvalue weighted by atomic mass is 16.5. The number of aliphatic hydroxyl groups excluding tert-OH is 1. The van der Waals surface area contributed by atoms with E-state index < -0.39 is 0 Å². The minimum Gasteiger partial charge on any atom is -0.484 e. The molecule has 4 heteroatoms. The van der Waals surface area contributed by atoms with Gasteiger partial charge in [-0.1, -0.05) is 13.3 Å². The smallest absolute Gasteiger partial charge is 0.227 e. The Balaban J connectivity index is 2.74. The van der Waals surface area contributed by atoms with Gasteiger partial charge in [0.2, 0.25) is 11.2 Å². The zero-order valence-corrected chi connectivity index (χ0v) is 9.03. The Morgan fingerprint density at radius 3 is 2.87 bits per heavy atom. The van der Waals surface area contributed by atoms with E-state index in [1.165, 1.54) is 12.3 Å². The van der Waals surface area contributed by atoms with E-state index in [9.17, 15) is 4.79 Å². The van der Waals surface area contributed by atoms with Gasteiger partial charge in [0.05, 0.1) is 6.10 Å². The molecule has 0 aliphatic rings. The summed E-state index contributed by atoms with van der Waals surface area (Å²) in [5.74, 6) is 0.448. The maximum atomic E-state index is 11.4. The summed E-state index contributed by atoms with van der Waals surface area (Å²) in [5, 5.41) is 8.75. The molecule has 0 spiro atoms. The summed E-state index contributed by atoms with van der Waals surface area (Å²) in [6.45, 7) is 3.68. The van der Waals surface area contributed by atoms with Crippen molar-refractivity contribution in [2.24, 2.45) is 0 Å². The lowest BCUT2D eigenvalue weighted by Crippen LogP contribution is -2.16. The molecular formula is C11H16O4. The Hall–Kier alpha value is -1.29. The van der Waals surface area contributed by atoms with Crippen LogP contribution in [-0.2, 0) is 6.61 Å². The van der Waals surface area contributed by atoms with Crippen molar-refractivity contribution >= 4 is 0 Å². The number of hydrogen-bond donors (Lipinski definition) is 1. The van der Waals surface area contributed by atoms with E-state index in [-0.39, 0.29) is 29.6 Å². The minimum absolute atomic E-state index is 0.00197. The summed E-state index contributed by atoms with van der Waals surface area (Å²) in [4.78, 5) is 11.4. The fourth-order valence-corrected chi connectivity index (χ4v) is 1.29. The average molecular weight is 212 g/mol. The molecule has 0 aromatic carbocycles. The molecule has 0 radical (unpaired) electrons. The highest BCUT2D eigenvalue weighted by Crippen LogP contribution is 2.10. The van der Waals surface area contributed by atoms with E-state index in [0.29, 0.717) is 0 Å². The normalized spacial score (nSPS) is 12.5. The lowest BCUT2D eigenvalue weighted by molar-refractivity contribution is 0.196. The number of ether oxygens (including phenoxy) is 1. The van der Waals surface area contributed by atoms with Gasteiger partial charge in [-0.15, -0.1) is 0 Å². The summed E-state index contributed by atoms with van der Waals surface area (Å²) in [5.41, 5.74) is -0.256. The first-order chi connectivity index (χ1) is 7.17. The van der Waals surface area contributed by atoms with Gasteiger partial charge in [0.15, 0.2) is 0 Å². The van der Waals surface area contributed by atoms with Crippen molar-refractivity contribution in [3.05, 3.63) is 28.3 Å². The first kappa shape index (κ1) is 11.8. The molecule has 0 saturated heterocycles. The minimum atomic E-state index is -0.278. The topological polar surface area (TPSA) is 59.7 Å². The molecule has 0 amide bonds. The van der Waals surface area contributed by atoms with E-state index in [2.05, 4.69) is 6.92 Å². The van der Waals surface area contributed by atoms with Gasteiger partial charge in [0, 0.05) is 6.07 Å². The number of aliphatic hydroxyl groups is 1. The predicted octanol–water partition coefficient (Wildman–Crippen LogP) is 1.70. The van der Waals surface area contributed by atoms with Gasteiger partial charge in [-0.3, -0.25) is 4.79 Å². The molecule has 0 fully saturated rings. The van der Waals surface area contributed by atoms with Crippen LogP contribution in [0.4, 0.5) is 0 Å². The lowest BCUT2D eigenvalue weighted by Gasteiger charge is -2.12. The van der Waals surface area contributed by atoms with Crippen molar-refractivity contribution in [1.82, 2.24) is 0 Å². The van der Waals surface area contributed by atoms with Crippen LogP contribution in [0, 0.1) is 0 Å². The van der Waals surface area contributed by atoms with Crippen LogP contribution in [0.5, 0.6) is 5.75 Å². The molecule has 0 bridgehead atoms. The monoisotopic (exact) mass is 212 g/mol. The molecule has 84 valence electrons. The van der Waals surface area contributed by atoms with Crippen LogP contribution < -0.4 is 10.2 Å². The van der Waals surface area contributed by atoms with Crippen LogP contribution in [0.2, 0.25) is 0 Å². The Morgan fingerprint density at radius 1 is 1.60 bits per heavy atom. The van der Waals surface area contributed by atoms with Crippen molar-refractivity contribution < 1.29 is 14.3 Å². The molecule has 1 atom stereocenters. The standard InChI is InChI=1S/C11H16O4/c1-3-4-8(2)15-11-7-14-9(6-12)5-10(11)13/h5,7-8,12H,3-4,6H2,1-2H3. The fourth-order valence-electron chi connectivity index (χ4n) is 1.29. The second-order valence-corrected chi connectivity index (χ2v) is 3.45. The molecule has 0 aliphatic heterocycles. The maximum absolute atomic E-state index is 11.4. The zero-order chi connectivity index (χ0) is 11.3. The molecule has 1 rings (SSSR count). The molecule has 15 heavy (non-hydrogen) atoms. The van der Waals surface area contributed by atoms with Gasteiger partial charge < -0.3 is 14.3 Å². The Morgan fingerprint density at radius 2 is 2.33 bits per heavy atom. The van der Waals surface area contributed by atoms with Crippen LogP contribution >= 0.6 is 0 Å². The third-order valence-electron chi connectivity index (χ3n) is 2.03. The van der Waals surface area contributed by atoms with Crippen molar-refractivity contribution in [3.8, 4) is 5.75 Å². The molecule has 0 saturated carbocycles. The van der Waals surface area contributed by atoms with Crippen molar-refractivity contribution in [3.63, 3.8) is 0 Å². The zero-order valence-electron chi connectivity index (χ0n) is 9.03. The van der Waals surface area contributed by atoms with Gasteiger partial charge in [-0.2, -0.15) is 0 Å². The maximum Gasteiger partial charge on any atom is 0.227 e. The molecule has 4 nitrogen and oxygen atoms in total. The highest BCUT2D eigenvalue weighted by molar-refractivity contribution is 5.17. The fraction of sp³-hybridized carbons (Fsp3) is 0.545. The summed E-state index contributed by atoms with van der Waals surface area (Å²) in [6.07, 6.45) is 3.14. The Bertz CT molecular complexity index is 356. The molecule has 1 heterocycles. The third kappa shape index (κ3) is 3.40. The summed E-state index contributed by atoms with van der Waals surface area (Å²) in [7, 11) is 0. The van der Waals surface area contributed by atoms with Crippen molar-refractivity contribution in [2.75, 3.05) is 0 Å². The first-order valence-corrected chi connectivity index (χ1v) is 5.06. The van der Waals surface area contributed by atoms with Crippen LogP contribution in [-0.4, -0.2) is 11.2 Å². The van der Waals surface area contributed by atoms with Crippen LogP contribution in [0.3, 0.4) is 0 Å². The van der Waals surface area contributed by atoms with Gasteiger partial charge in [0.25, 0.3) is 0 Å². The molecule has 0 aliphatic carbocycles. The van der Waals surface area contributed by atoms with Crippen molar-refractivity contribution in [1.29, 1.82) is 0 Å². The van der Waals surface area contributed by atoms with E-state index >= 15 is 0 Å². The SMILES string of the molecule is CCCC(C)Oc1coc(CO)cc1=O. The largest absolute Gasteiger partial charge is 0.484 e. The second-order valence-electron chi connectivity index (χ2n) is 3.45. The molecule has 1 unspecified atom stereocenters. The van der Waals surface area contributed by atoms with Crippen molar-refractivity contribution in [2.45, 2.75) is 39.4 Å². The average Bonchev–Trinajstić information content (AvgIpc) is 2.21. The van der Waals surface area contributed by atoms with Crippen LogP contribution in [0.1, 0.15) is 32.4 Å². The van der Waals surface area contributed by atoms with Gasteiger partial charge >= 0.3 is 0 Å². The number of rotatable bonds is 5. The second kappa shape index (κ2) is 5.56. The lowest BCUT2D eigenvalue weighted by atomic mass is 10.2. The van der Waals surface area contributed by atoms with Crippen LogP contribution in [0.15, 0.2) is 21.5 Å². The van der Waals surface area contributed by atoms with E-state index in [1.54, 1.807) is 0 Å². The quantitative estimate of drug-likeness (QED) is 0.807. The predicted molar refractivity (Wildman–Crippen MR) is 55.9 cm³/mol. The van der Waals surface area contributed by atoms with Gasteiger partial charge in [-0.05, 0) is 13.3 Å². The number of hydrogen-bond acceptors (Lipinski definition) is 4. The van der Waals surface area contributed by atoms with Gasteiger partial charge in [-0.25, -0.2) is 0 Å². The van der Waals surface area contributed by atoms with E-state index in [1.807, 2.05) is 6.92 Å². The van der Waals surface area contributed by atoms with Crippen LogP contribution in [0.25, 0.3) is 0 Å². The van der Waals surface area contributed by atoms with E-state index in [0.717, 1.165) is 12.8 Å². The van der Waals surface area contributed by atoms with E-state index in [4.69, 9.17) is 14.3 Å². The molecule has 1 N–H and O–H groups in total.